The summed E-state index contributed by atoms with van der Waals surface area (Å²) in [6.07, 6.45) is 3.02. The van der Waals surface area contributed by atoms with Crippen LogP contribution in [-0.4, -0.2) is 41.5 Å². The largest absolute Gasteiger partial charge is 0.322 e. The van der Waals surface area contributed by atoms with Crippen molar-refractivity contribution in [2.75, 3.05) is 18.4 Å². The van der Waals surface area contributed by atoms with E-state index in [4.69, 9.17) is 11.6 Å². The van der Waals surface area contributed by atoms with E-state index >= 15 is 0 Å². The molecule has 3 rings (SSSR count). The number of aromatic nitrogens is 2. The van der Waals surface area contributed by atoms with Crippen LogP contribution in [0.15, 0.2) is 35.5 Å². The monoisotopic (exact) mass is 396 g/mol. The third kappa shape index (κ3) is 3.92. The van der Waals surface area contributed by atoms with Crippen LogP contribution in [-0.2, 0) is 17.1 Å². The first-order chi connectivity index (χ1) is 12.3. The minimum absolute atomic E-state index is 0.0195. The average molecular weight is 397 g/mol. The molecule has 1 aliphatic rings. The van der Waals surface area contributed by atoms with Crippen LogP contribution in [0.1, 0.15) is 30.1 Å². The first-order valence-electron chi connectivity index (χ1n) is 8.38. The van der Waals surface area contributed by atoms with Crippen molar-refractivity contribution in [1.82, 2.24) is 14.1 Å². The minimum Gasteiger partial charge on any atom is -0.322 e. The van der Waals surface area contributed by atoms with Crippen LogP contribution in [0.3, 0.4) is 0 Å². The Labute approximate surface area is 158 Å². The van der Waals surface area contributed by atoms with Crippen LogP contribution in [0.5, 0.6) is 0 Å². The molecule has 1 aromatic heterocycles. The summed E-state index contributed by atoms with van der Waals surface area (Å²) in [7, 11) is -2.24. The molecular formula is C17H21ClN4O3S. The number of hydrogen-bond donors (Lipinski definition) is 1. The molecule has 1 aliphatic heterocycles. The molecule has 0 unspecified atom stereocenters. The van der Waals surface area contributed by atoms with Gasteiger partial charge in [0.15, 0.2) is 0 Å². The number of rotatable bonds is 4. The Bertz CT molecular complexity index is 918. The summed E-state index contributed by atoms with van der Waals surface area (Å²) < 4.78 is 28.7. The zero-order valence-corrected chi connectivity index (χ0v) is 16.2. The summed E-state index contributed by atoms with van der Waals surface area (Å²) in [6.45, 7) is 2.99. The van der Waals surface area contributed by atoms with Crippen molar-refractivity contribution in [2.45, 2.75) is 24.8 Å². The molecule has 7 nitrogen and oxygen atoms in total. The number of sulfonamides is 1. The van der Waals surface area contributed by atoms with E-state index in [9.17, 15) is 13.2 Å². The van der Waals surface area contributed by atoms with Gasteiger partial charge in [0.1, 0.15) is 0 Å². The van der Waals surface area contributed by atoms with Gasteiger partial charge >= 0.3 is 0 Å². The molecule has 0 atom stereocenters. The van der Waals surface area contributed by atoms with E-state index in [1.807, 2.05) is 0 Å². The van der Waals surface area contributed by atoms with Crippen molar-refractivity contribution in [3.63, 3.8) is 0 Å². The molecule has 1 amide bonds. The molecule has 0 bridgehead atoms. The lowest BCUT2D eigenvalue weighted by molar-refractivity contribution is 0.102. The summed E-state index contributed by atoms with van der Waals surface area (Å²) >= 11 is 5.93. The second-order valence-corrected chi connectivity index (χ2v) is 8.86. The number of hydrogen-bond acceptors (Lipinski definition) is 4. The number of aryl methyl sites for hydroxylation is 1. The van der Waals surface area contributed by atoms with Crippen LogP contribution in [0.4, 0.5) is 5.69 Å². The predicted octanol–water partition coefficient (Wildman–Crippen LogP) is 2.75. The van der Waals surface area contributed by atoms with E-state index in [0.29, 0.717) is 29.7 Å². The summed E-state index contributed by atoms with van der Waals surface area (Å²) in [4.78, 5) is 12.7. The van der Waals surface area contributed by atoms with Gasteiger partial charge in [-0.15, -0.1) is 0 Å². The highest BCUT2D eigenvalue weighted by atomic mass is 35.5. The highest BCUT2D eigenvalue weighted by Crippen LogP contribution is 2.25. The van der Waals surface area contributed by atoms with Gasteiger partial charge in [-0.2, -0.15) is 9.40 Å². The van der Waals surface area contributed by atoms with Crippen molar-refractivity contribution in [3.8, 4) is 0 Å². The molecule has 140 valence electrons. The molecule has 0 saturated carbocycles. The van der Waals surface area contributed by atoms with Crippen LogP contribution >= 0.6 is 11.6 Å². The first kappa shape index (κ1) is 18.9. The first-order valence-corrected chi connectivity index (χ1v) is 10.2. The van der Waals surface area contributed by atoms with E-state index in [1.165, 1.54) is 15.2 Å². The predicted molar refractivity (Wildman–Crippen MR) is 99.8 cm³/mol. The summed E-state index contributed by atoms with van der Waals surface area (Å²) in [5.41, 5.74) is 0.507. The SMILES string of the molecule is CC1CCN(S(=O)(=O)c2nn(C)cc2C(=O)Nc2cccc(Cl)c2)CC1. The fraction of sp³-hybridized carbons (Fsp3) is 0.412. The van der Waals surface area contributed by atoms with Gasteiger partial charge in [0.05, 0.1) is 5.56 Å². The van der Waals surface area contributed by atoms with Gasteiger partial charge < -0.3 is 5.32 Å². The second kappa shape index (κ2) is 7.38. The topological polar surface area (TPSA) is 84.3 Å². The van der Waals surface area contributed by atoms with Crippen molar-refractivity contribution in [1.29, 1.82) is 0 Å². The molecule has 0 spiro atoms. The summed E-state index contributed by atoms with van der Waals surface area (Å²) in [6, 6.07) is 6.67. The number of anilines is 1. The van der Waals surface area contributed by atoms with Crippen molar-refractivity contribution in [3.05, 3.63) is 41.0 Å². The standard InChI is InChI=1S/C17H21ClN4O3S/c1-12-6-8-22(9-7-12)26(24,25)17-15(11-21(2)20-17)16(23)19-14-5-3-4-13(18)10-14/h3-5,10-12H,6-9H2,1-2H3,(H,19,23). The Morgan fingerprint density at radius 2 is 2.00 bits per heavy atom. The van der Waals surface area contributed by atoms with Crippen LogP contribution < -0.4 is 5.32 Å². The second-order valence-electron chi connectivity index (χ2n) is 6.57. The molecule has 9 heteroatoms. The third-order valence-electron chi connectivity index (χ3n) is 4.45. The Balaban J connectivity index is 1.89. The van der Waals surface area contributed by atoms with E-state index < -0.39 is 15.9 Å². The van der Waals surface area contributed by atoms with Gasteiger partial charge in [0.2, 0.25) is 5.03 Å². The number of halogens is 1. The Hall–Kier alpha value is -1.90. The molecule has 2 aromatic rings. The molecule has 0 radical (unpaired) electrons. The number of piperidine rings is 1. The fourth-order valence-electron chi connectivity index (χ4n) is 2.93. The number of nitrogens with one attached hydrogen (secondary N) is 1. The van der Waals surface area contributed by atoms with Gasteiger partial charge in [-0.25, -0.2) is 8.42 Å². The number of nitrogens with zero attached hydrogens (tertiary/aromatic N) is 3. The van der Waals surface area contributed by atoms with Gasteiger partial charge in [-0.3, -0.25) is 9.48 Å². The van der Waals surface area contributed by atoms with E-state index in [-0.39, 0.29) is 10.6 Å². The molecule has 1 fully saturated rings. The van der Waals surface area contributed by atoms with Crippen molar-refractivity contribution < 1.29 is 13.2 Å². The van der Waals surface area contributed by atoms with E-state index in [2.05, 4.69) is 17.3 Å². The number of benzene rings is 1. The number of carbonyl (C=O) groups is 1. The maximum Gasteiger partial charge on any atom is 0.263 e. The minimum atomic E-state index is -3.83. The quantitative estimate of drug-likeness (QED) is 0.861. The van der Waals surface area contributed by atoms with Gasteiger partial charge in [-0.1, -0.05) is 24.6 Å². The average Bonchev–Trinajstić information content (AvgIpc) is 2.98. The fourth-order valence-corrected chi connectivity index (χ4v) is 4.71. The van der Waals surface area contributed by atoms with Gasteiger partial charge in [0.25, 0.3) is 15.9 Å². The van der Waals surface area contributed by atoms with E-state index in [1.54, 1.807) is 31.3 Å². The third-order valence-corrected chi connectivity index (χ3v) is 6.52. The maximum atomic E-state index is 13.0. The van der Waals surface area contributed by atoms with Crippen molar-refractivity contribution >= 4 is 33.2 Å². The zero-order valence-electron chi connectivity index (χ0n) is 14.6. The van der Waals surface area contributed by atoms with Crippen molar-refractivity contribution in [2.24, 2.45) is 13.0 Å². The molecule has 2 heterocycles. The molecule has 1 aromatic carbocycles. The molecule has 26 heavy (non-hydrogen) atoms. The molecule has 0 aliphatic carbocycles. The van der Waals surface area contributed by atoms with Crippen LogP contribution in [0.2, 0.25) is 5.02 Å². The van der Waals surface area contributed by atoms with E-state index in [0.717, 1.165) is 12.8 Å². The number of carbonyl (C=O) groups excluding carboxylic acids is 1. The lowest BCUT2D eigenvalue weighted by atomic mass is 10.0. The summed E-state index contributed by atoms with van der Waals surface area (Å²) in [5, 5.41) is 6.99. The highest BCUT2D eigenvalue weighted by Gasteiger charge is 2.34. The van der Waals surface area contributed by atoms with Gasteiger partial charge in [-0.05, 0) is 37.0 Å². The van der Waals surface area contributed by atoms with Crippen LogP contribution in [0, 0.1) is 5.92 Å². The lowest BCUT2D eigenvalue weighted by Gasteiger charge is -2.28. The maximum absolute atomic E-state index is 13.0. The highest BCUT2D eigenvalue weighted by molar-refractivity contribution is 7.89. The van der Waals surface area contributed by atoms with Crippen LogP contribution in [0.25, 0.3) is 0 Å². The Morgan fingerprint density at radius 3 is 2.65 bits per heavy atom. The summed E-state index contributed by atoms with van der Waals surface area (Å²) in [5.74, 6) is -0.0416. The molecule has 1 N–H and O–H groups in total. The smallest absolute Gasteiger partial charge is 0.263 e. The molecule has 1 saturated heterocycles. The Morgan fingerprint density at radius 1 is 1.31 bits per heavy atom. The molecular weight excluding hydrogens is 376 g/mol. The Kier molecular flexibility index (Phi) is 5.36. The number of amides is 1. The zero-order chi connectivity index (χ0) is 18.9. The van der Waals surface area contributed by atoms with Gasteiger partial charge in [0, 0.05) is 37.0 Å². The normalized spacial score (nSPS) is 16.6. The lowest BCUT2D eigenvalue weighted by Crippen LogP contribution is -2.38.